The molecule has 1 aliphatic rings. The van der Waals surface area contributed by atoms with Crippen LogP contribution in [-0.4, -0.2) is 51.0 Å². The average molecular weight is 342 g/mol. The number of sulfonamides is 1. The molecule has 0 amide bonds. The molecule has 0 saturated carbocycles. The summed E-state index contributed by atoms with van der Waals surface area (Å²) in [6.45, 7) is 4.70. The van der Waals surface area contributed by atoms with Crippen LogP contribution in [0.25, 0.3) is 0 Å². The zero-order chi connectivity index (χ0) is 17.0. The number of nitrogens with zero attached hydrogens (tertiary/aromatic N) is 2. The predicted octanol–water partition coefficient (Wildman–Crippen LogP) is 1.40. The van der Waals surface area contributed by atoms with E-state index in [0.717, 1.165) is 32.0 Å². The summed E-state index contributed by atoms with van der Waals surface area (Å²) >= 11 is 0. The monoisotopic (exact) mass is 342 g/mol. The summed E-state index contributed by atoms with van der Waals surface area (Å²) in [5.41, 5.74) is 0.107. The Balaban J connectivity index is 2.20. The van der Waals surface area contributed by atoms with Crippen molar-refractivity contribution >= 4 is 21.4 Å². The minimum atomic E-state index is -3.70. The number of nitrogens with one attached hydrogen (secondary N) is 2. The van der Waals surface area contributed by atoms with Crippen LogP contribution < -0.4 is 10.0 Å². The van der Waals surface area contributed by atoms with E-state index < -0.39 is 14.9 Å². The first-order valence-electron chi connectivity index (χ1n) is 7.59. The molecule has 1 heterocycles. The van der Waals surface area contributed by atoms with Crippen LogP contribution >= 0.6 is 0 Å². The van der Waals surface area contributed by atoms with E-state index in [1.807, 2.05) is 0 Å². The van der Waals surface area contributed by atoms with Gasteiger partial charge in [-0.1, -0.05) is 6.92 Å². The fourth-order valence-electron chi connectivity index (χ4n) is 2.87. The first kappa shape index (κ1) is 17.6. The van der Waals surface area contributed by atoms with Crippen LogP contribution in [0.2, 0.25) is 0 Å². The number of likely N-dealkylation sites (N-methyl/N-ethyl adjacent to an activating group) is 1. The molecule has 0 unspecified atom stereocenters. The first-order valence-corrected chi connectivity index (χ1v) is 9.07. The molecule has 0 aliphatic carbocycles. The van der Waals surface area contributed by atoms with Crippen molar-refractivity contribution in [2.45, 2.75) is 30.7 Å². The van der Waals surface area contributed by atoms with E-state index >= 15 is 0 Å². The molecule has 1 aromatic carbocycles. The van der Waals surface area contributed by atoms with Crippen molar-refractivity contribution < 1.29 is 13.3 Å². The minimum Gasteiger partial charge on any atom is -0.378 e. The van der Waals surface area contributed by atoms with Crippen LogP contribution in [0.3, 0.4) is 0 Å². The molecule has 9 heteroatoms. The number of nitro benzene ring substituents is 1. The Morgan fingerprint density at radius 1 is 1.43 bits per heavy atom. The highest BCUT2D eigenvalue weighted by molar-refractivity contribution is 7.89. The molecule has 1 fully saturated rings. The van der Waals surface area contributed by atoms with Crippen molar-refractivity contribution in [3.63, 3.8) is 0 Å². The van der Waals surface area contributed by atoms with E-state index in [0.29, 0.717) is 18.3 Å². The maximum Gasteiger partial charge on any atom is 0.293 e. The number of hydrogen-bond acceptors (Lipinski definition) is 6. The second-order valence-electron chi connectivity index (χ2n) is 5.45. The molecule has 1 saturated heterocycles. The number of hydrogen-bond donors (Lipinski definition) is 2. The normalized spacial score (nSPS) is 19.0. The number of likely N-dealkylation sites (tertiary alicyclic amines) is 1. The second kappa shape index (κ2) is 7.24. The highest BCUT2D eigenvalue weighted by Gasteiger charge is 2.25. The molecule has 128 valence electrons. The van der Waals surface area contributed by atoms with Crippen molar-refractivity contribution in [2.24, 2.45) is 0 Å². The summed E-state index contributed by atoms with van der Waals surface area (Å²) in [7, 11) is -2.43. The Kier molecular flexibility index (Phi) is 5.55. The molecular formula is C14H22N4O4S. The van der Waals surface area contributed by atoms with E-state index in [-0.39, 0.29) is 10.6 Å². The molecule has 0 spiro atoms. The predicted molar refractivity (Wildman–Crippen MR) is 88.1 cm³/mol. The van der Waals surface area contributed by atoms with Gasteiger partial charge < -0.3 is 5.32 Å². The van der Waals surface area contributed by atoms with Crippen molar-refractivity contribution in [3.8, 4) is 0 Å². The molecule has 2 rings (SSSR count). The van der Waals surface area contributed by atoms with Crippen LogP contribution in [0.4, 0.5) is 11.4 Å². The number of anilines is 1. The van der Waals surface area contributed by atoms with Gasteiger partial charge >= 0.3 is 0 Å². The Labute approximate surface area is 136 Å². The summed E-state index contributed by atoms with van der Waals surface area (Å²) < 4.78 is 25.7. The van der Waals surface area contributed by atoms with Gasteiger partial charge in [-0.05, 0) is 45.1 Å². The van der Waals surface area contributed by atoms with Gasteiger partial charge in [-0.2, -0.15) is 0 Å². The van der Waals surface area contributed by atoms with E-state index in [4.69, 9.17) is 0 Å². The van der Waals surface area contributed by atoms with Gasteiger partial charge in [0.15, 0.2) is 0 Å². The van der Waals surface area contributed by atoms with Gasteiger partial charge in [-0.15, -0.1) is 0 Å². The maximum absolute atomic E-state index is 11.8. The topological polar surface area (TPSA) is 105 Å². The number of rotatable bonds is 7. The van der Waals surface area contributed by atoms with Crippen molar-refractivity contribution in [2.75, 3.05) is 32.0 Å². The van der Waals surface area contributed by atoms with Gasteiger partial charge in [0, 0.05) is 18.7 Å². The lowest BCUT2D eigenvalue weighted by molar-refractivity contribution is -0.384. The molecular weight excluding hydrogens is 320 g/mol. The number of nitro groups is 1. The largest absolute Gasteiger partial charge is 0.378 e. The third kappa shape index (κ3) is 3.98. The van der Waals surface area contributed by atoms with Crippen LogP contribution in [0.15, 0.2) is 23.1 Å². The molecule has 23 heavy (non-hydrogen) atoms. The van der Waals surface area contributed by atoms with Crippen LogP contribution in [0.5, 0.6) is 0 Å². The Morgan fingerprint density at radius 3 is 2.78 bits per heavy atom. The quantitative estimate of drug-likeness (QED) is 0.573. The Morgan fingerprint density at radius 2 is 2.17 bits per heavy atom. The lowest BCUT2D eigenvalue weighted by atomic mass is 10.2. The average Bonchev–Trinajstić information content (AvgIpc) is 3.00. The summed E-state index contributed by atoms with van der Waals surface area (Å²) in [4.78, 5) is 12.9. The molecule has 1 aromatic rings. The van der Waals surface area contributed by atoms with Gasteiger partial charge in [-0.3, -0.25) is 15.0 Å². The maximum atomic E-state index is 11.8. The molecule has 0 radical (unpaired) electrons. The van der Waals surface area contributed by atoms with Crippen molar-refractivity contribution in [3.05, 3.63) is 28.3 Å². The SMILES string of the molecule is CCN1CCC[C@@H]1CNc1ccc(S(=O)(=O)NC)cc1[N+](=O)[O-]. The highest BCUT2D eigenvalue weighted by Crippen LogP contribution is 2.28. The molecule has 1 aliphatic heterocycles. The van der Waals surface area contributed by atoms with Gasteiger partial charge in [-0.25, -0.2) is 13.1 Å². The Hall–Kier alpha value is -1.71. The summed E-state index contributed by atoms with van der Waals surface area (Å²) in [5, 5.41) is 14.3. The first-order chi connectivity index (χ1) is 10.9. The van der Waals surface area contributed by atoms with Gasteiger partial charge in [0.05, 0.1) is 9.82 Å². The zero-order valence-electron chi connectivity index (χ0n) is 13.3. The zero-order valence-corrected chi connectivity index (χ0v) is 14.1. The fourth-order valence-corrected chi connectivity index (χ4v) is 3.62. The van der Waals surface area contributed by atoms with Gasteiger partial charge in [0.1, 0.15) is 5.69 Å². The molecule has 8 nitrogen and oxygen atoms in total. The van der Waals surface area contributed by atoms with Crippen LogP contribution in [0, 0.1) is 10.1 Å². The second-order valence-corrected chi connectivity index (χ2v) is 7.34. The summed E-state index contributed by atoms with van der Waals surface area (Å²) in [5.74, 6) is 0. The lowest BCUT2D eigenvalue weighted by Crippen LogP contribution is -2.34. The smallest absolute Gasteiger partial charge is 0.293 e. The van der Waals surface area contributed by atoms with Gasteiger partial charge in [0.2, 0.25) is 10.0 Å². The molecule has 1 atom stereocenters. The molecule has 0 bridgehead atoms. The third-order valence-corrected chi connectivity index (χ3v) is 5.59. The Bertz CT molecular complexity index is 677. The van der Waals surface area contributed by atoms with Crippen LogP contribution in [-0.2, 0) is 10.0 Å². The lowest BCUT2D eigenvalue weighted by Gasteiger charge is -2.23. The number of benzene rings is 1. The van der Waals surface area contributed by atoms with E-state index in [1.165, 1.54) is 19.2 Å². The third-order valence-electron chi connectivity index (χ3n) is 4.18. The standard InChI is InChI=1S/C14H22N4O4S/c1-3-17-8-4-5-11(17)10-16-13-7-6-12(23(21,22)15-2)9-14(13)18(19)20/h6-7,9,11,15-16H,3-5,8,10H2,1-2H3/t11-/m1/s1. The summed E-state index contributed by atoms with van der Waals surface area (Å²) in [6.07, 6.45) is 2.18. The highest BCUT2D eigenvalue weighted by atomic mass is 32.2. The fraction of sp³-hybridized carbons (Fsp3) is 0.571. The summed E-state index contributed by atoms with van der Waals surface area (Å²) in [6, 6.07) is 4.25. The van der Waals surface area contributed by atoms with E-state index in [2.05, 4.69) is 21.9 Å². The van der Waals surface area contributed by atoms with Crippen molar-refractivity contribution in [1.29, 1.82) is 0 Å². The van der Waals surface area contributed by atoms with Crippen molar-refractivity contribution in [1.82, 2.24) is 9.62 Å². The van der Waals surface area contributed by atoms with E-state index in [1.54, 1.807) is 0 Å². The van der Waals surface area contributed by atoms with Gasteiger partial charge in [0.25, 0.3) is 5.69 Å². The molecule has 0 aromatic heterocycles. The molecule has 2 N–H and O–H groups in total. The minimum absolute atomic E-state index is 0.117. The van der Waals surface area contributed by atoms with Crippen LogP contribution in [0.1, 0.15) is 19.8 Å². The van der Waals surface area contributed by atoms with E-state index in [9.17, 15) is 18.5 Å².